The Kier molecular flexibility index (Phi) is 3.57. The van der Waals surface area contributed by atoms with Gasteiger partial charge in [-0.3, -0.25) is 4.79 Å². The van der Waals surface area contributed by atoms with Crippen molar-refractivity contribution in [1.82, 2.24) is 5.32 Å². The predicted octanol–water partition coefficient (Wildman–Crippen LogP) is 1.90. The minimum Gasteiger partial charge on any atom is -0.469 e. The van der Waals surface area contributed by atoms with E-state index in [9.17, 15) is 4.79 Å². The molecule has 1 aliphatic heterocycles. The van der Waals surface area contributed by atoms with Crippen LogP contribution in [-0.4, -0.2) is 19.6 Å². The van der Waals surface area contributed by atoms with Crippen LogP contribution < -0.4 is 5.32 Å². The van der Waals surface area contributed by atoms with Crippen LogP contribution in [0.2, 0.25) is 0 Å². The number of hydrogen-bond donors (Lipinski definition) is 1. The van der Waals surface area contributed by atoms with Crippen molar-refractivity contribution >= 4 is 5.97 Å². The van der Waals surface area contributed by atoms with Crippen molar-refractivity contribution in [3.63, 3.8) is 0 Å². The molecule has 86 valence electrons. The molecule has 0 radical (unpaired) electrons. The summed E-state index contributed by atoms with van der Waals surface area (Å²) in [5.74, 6) is -0.0427. The van der Waals surface area contributed by atoms with Crippen molar-refractivity contribution in [1.29, 1.82) is 0 Å². The van der Waals surface area contributed by atoms with Crippen molar-refractivity contribution in [2.75, 3.05) is 13.7 Å². The van der Waals surface area contributed by atoms with E-state index in [1.807, 2.05) is 18.2 Å². The summed E-state index contributed by atoms with van der Waals surface area (Å²) < 4.78 is 4.81. The maximum atomic E-state index is 11.5. The van der Waals surface area contributed by atoms with Gasteiger partial charge in [0.1, 0.15) is 0 Å². The van der Waals surface area contributed by atoms with E-state index in [1.165, 1.54) is 12.7 Å². The number of esters is 1. The molecule has 0 saturated carbocycles. The Morgan fingerprint density at radius 3 is 2.81 bits per heavy atom. The molecule has 1 saturated heterocycles. The van der Waals surface area contributed by atoms with Crippen molar-refractivity contribution < 1.29 is 9.53 Å². The maximum absolute atomic E-state index is 11.5. The SMILES string of the molecule is COC(=O)[C@H]1CCN[C@@H](c2ccccc2)C1. The van der Waals surface area contributed by atoms with Crippen LogP contribution in [0.4, 0.5) is 0 Å². The van der Waals surface area contributed by atoms with Gasteiger partial charge < -0.3 is 10.1 Å². The lowest BCUT2D eigenvalue weighted by molar-refractivity contribution is -0.146. The largest absolute Gasteiger partial charge is 0.469 e. The first-order chi connectivity index (χ1) is 7.81. The molecule has 2 rings (SSSR count). The molecule has 0 aliphatic carbocycles. The summed E-state index contributed by atoms with van der Waals surface area (Å²) in [7, 11) is 1.46. The number of piperidine rings is 1. The molecule has 0 bridgehead atoms. The Morgan fingerprint density at radius 1 is 1.38 bits per heavy atom. The average Bonchev–Trinajstić information content (AvgIpc) is 2.39. The molecular weight excluding hydrogens is 202 g/mol. The molecule has 0 spiro atoms. The molecule has 1 aromatic rings. The van der Waals surface area contributed by atoms with Gasteiger partial charge in [0.05, 0.1) is 13.0 Å². The van der Waals surface area contributed by atoms with Gasteiger partial charge in [-0.1, -0.05) is 30.3 Å². The molecule has 1 N–H and O–H groups in total. The lowest BCUT2D eigenvalue weighted by Crippen LogP contribution is -2.35. The van der Waals surface area contributed by atoms with Crippen molar-refractivity contribution in [3.05, 3.63) is 35.9 Å². The first-order valence-electron chi connectivity index (χ1n) is 5.67. The summed E-state index contributed by atoms with van der Waals surface area (Å²) in [5.41, 5.74) is 1.25. The molecule has 3 nitrogen and oxygen atoms in total. The van der Waals surface area contributed by atoms with E-state index in [0.717, 1.165) is 19.4 Å². The Hall–Kier alpha value is -1.35. The molecule has 0 unspecified atom stereocenters. The van der Waals surface area contributed by atoms with Gasteiger partial charge in [-0.25, -0.2) is 0 Å². The number of methoxy groups -OCH3 is 1. The zero-order valence-corrected chi connectivity index (χ0v) is 9.48. The van der Waals surface area contributed by atoms with Crippen LogP contribution in [0, 0.1) is 5.92 Å². The summed E-state index contributed by atoms with van der Waals surface area (Å²) in [6, 6.07) is 10.5. The summed E-state index contributed by atoms with van der Waals surface area (Å²) >= 11 is 0. The molecule has 1 aromatic carbocycles. The first kappa shape index (κ1) is 11.1. The Labute approximate surface area is 95.8 Å². The molecule has 0 amide bonds. The van der Waals surface area contributed by atoms with Crippen LogP contribution >= 0.6 is 0 Å². The zero-order chi connectivity index (χ0) is 11.4. The summed E-state index contributed by atoms with van der Waals surface area (Å²) in [4.78, 5) is 11.5. The van der Waals surface area contributed by atoms with Gasteiger partial charge in [0.25, 0.3) is 0 Å². The molecule has 1 aliphatic rings. The van der Waals surface area contributed by atoms with E-state index in [1.54, 1.807) is 0 Å². The highest BCUT2D eigenvalue weighted by atomic mass is 16.5. The highest BCUT2D eigenvalue weighted by Gasteiger charge is 2.28. The second kappa shape index (κ2) is 5.12. The smallest absolute Gasteiger partial charge is 0.308 e. The van der Waals surface area contributed by atoms with Crippen LogP contribution in [0.5, 0.6) is 0 Å². The number of benzene rings is 1. The van der Waals surface area contributed by atoms with E-state index in [-0.39, 0.29) is 17.9 Å². The third-order valence-corrected chi connectivity index (χ3v) is 3.14. The minimum atomic E-state index is -0.0811. The summed E-state index contributed by atoms with van der Waals surface area (Å²) in [6.07, 6.45) is 1.70. The van der Waals surface area contributed by atoms with Crippen molar-refractivity contribution in [2.45, 2.75) is 18.9 Å². The van der Waals surface area contributed by atoms with Gasteiger partial charge in [-0.2, -0.15) is 0 Å². The normalized spacial score (nSPS) is 25.1. The average molecular weight is 219 g/mol. The highest BCUT2D eigenvalue weighted by molar-refractivity contribution is 5.72. The quantitative estimate of drug-likeness (QED) is 0.772. The second-order valence-electron chi connectivity index (χ2n) is 4.16. The molecular formula is C13H17NO2. The maximum Gasteiger partial charge on any atom is 0.308 e. The number of carbonyl (C=O) groups is 1. The van der Waals surface area contributed by atoms with E-state index < -0.39 is 0 Å². The molecule has 16 heavy (non-hydrogen) atoms. The van der Waals surface area contributed by atoms with Crippen LogP contribution in [0.15, 0.2) is 30.3 Å². The lowest BCUT2D eigenvalue weighted by Gasteiger charge is -2.29. The minimum absolute atomic E-state index is 0.0384. The summed E-state index contributed by atoms with van der Waals surface area (Å²) in [6.45, 7) is 0.874. The fraction of sp³-hybridized carbons (Fsp3) is 0.462. The van der Waals surface area contributed by atoms with Gasteiger partial charge in [-0.05, 0) is 24.9 Å². The van der Waals surface area contributed by atoms with Crippen molar-refractivity contribution in [2.24, 2.45) is 5.92 Å². The third-order valence-electron chi connectivity index (χ3n) is 3.14. The van der Waals surface area contributed by atoms with Gasteiger partial charge in [0.15, 0.2) is 0 Å². The van der Waals surface area contributed by atoms with E-state index in [2.05, 4.69) is 17.4 Å². The molecule has 2 atom stereocenters. The predicted molar refractivity (Wildman–Crippen MR) is 61.9 cm³/mol. The van der Waals surface area contributed by atoms with E-state index >= 15 is 0 Å². The molecule has 1 fully saturated rings. The second-order valence-corrected chi connectivity index (χ2v) is 4.16. The van der Waals surface area contributed by atoms with E-state index in [0.29, 0.717) is 0 Å². The Morgan fingerprint density at radius 2 is 2.12 bits per heavy atom. The number of carbonyl (C=O) groups excluding carboxylic acids is 1. The van der Waals surface area contributed by atoms with Gasteiger partial charge in [0, 0.05) is 6.04 Å². The molecule has 1 heterocycles. The highest BCUT2D eigenvalue weighted by Crippen LogP contribution is 2.27. The van der Waals surface area contributed by atoms with Crippen molar-refractivity contribution in [3.8, 4) is 0 Å². The molecule has 0 aromatic heterocycles. The number of nitrogens with one attached hydrogen (secondary N) is 1. The topological polar surface area (TPSA) is 38.3 Å². The third kappa shape index (κ3) is 2.42. The number of ether oxygens (including phenoxy) is 1. The fourth-order valence-corrected chi connectivity index (χ4v) is 2.24. The monoisotopic (exact) mass is 219 g/mol. The lowest BCUT2D eigenvalue weighted by atomic mass is 9.89. The van der Waals surface area contributed by atoms with Gasteiger partial charge in [0.2, 0.25) is 0 Å². The number of rotatable bonds is 2. The fourth-order valence-electron chi connectivity index (χ4n) is 2.24. The van der Waals surface area contributed by atoms with Crippen LogP contribution in [0.1, 0.15) is 24.4 Å². The zero-order valence-electron chi connectivity index (χ0n) is 9.48. The van der Waals surface area contributed by atoms with Gasteiger partial charge >= 0.3 is 5.97 Å². The standard InChI is InChI=1S/C13H17NO2/c1-16-13(15)11-7-8-14-12(9-11)10-5-3-2-4-6-10/h2-6,11-12,14H,7-9H2,1H3/t11-,12+/m0/s1. The number of hydrogen-bond acceptors (Lipinski definition) is 3. The van der Waals surface area contributed by atoms with E-state index in [4.69, 9.17) is 4.74 Å². The van der Waals surface area contributed by atoms with Crippen LogP contribution in [0.3, 0.4) is 0 Å². The first-order valence-corrected chi connectivity index (χ1v) is 5.67. The Balaban J connectivity index is 2.05. The summed E-state index contributed by atoms with van der Waals surface area (Å²) in [5, 5.41) is 3.44. The van der Waals surface area contributed by atoms with Gasteiger partial charge in [-0.15, -0.1) is 0 Å². The van der Waals surface area contributed by atoms with Crippen LogP contribution in [-0.2, 0) is 9.53 Å². The Bertz CT molecular complexity index is 350. The molecule has 3 heteroatoms. The van der Waals surface area contributed by atoms with Crippen LogP contribution in [0.25, 0.3) is 0 Å².